The largest absolute Gasteiger partial charge is 0.485 e. The summed E-state index contributed by atoms with van der Waals surface area (Å²) in [5, 5.41) is 0. The summed E-state index contributed by atoms with van der Waals surface area (Å²) < 4.78 is 7.82. The maximum Gasteiger partial charge on any atom is 0.146 e. The molecular formula is C14H19N3O. The molecule has 1 aromatic heterocycles. The number of nitrogens with zero attached hydrogens (tertiary/aromatic N) is 2. The fraction of sp³-hybridized carbons (Fsp3) is 0.357. The van der Waals surface area contributed by atoms with Gasteiger partial charge in [0.05, 0.1) is 5.69 Å². The zero-order valence-corrected chi connectivity index (χ0v) is 11.1. The van der Waals surface area contributed by atoms with Crippen molar-refractivity contribution >= 4 is 0 Å². The van der Waals surface area contributed by atoms with Crippen LogP contribution in [0, 0.1) is 13.8 Å². The Morgan fingerprint density at radius 3 is 2.50 bits per heavy atom. The van der Waals surface area contributed by atoms with Crippen molar-refractivity contribution in [3.8, 4) is 5.75 Å². The zero-order valence-electron chi connectivity index (χ0n) is 11.1. The van der Waals surface area contributed by atoms with Crippen LogP contribution in [0.25, 0.3) is 0 Å². The molecule has 0 amide bonds. The third-order valence-corrected chi connectivity index (χ3v) is 2.99. The molecule has 0 fully saturated rings. The topological polar surface area (TPSA) is 53.1 Å². The molecule has 0 saturated heterocycles. The van der Waals surface area contributed by atoms with Gasteiger partial charge in [-0.3, -0.25) is 0 Å². The van der Waals surface area contributed by atoms with Gasteiger partial charge >= 0.3 is 0 Å². The van der Waals surface area contributed by atoms with E-state index in [9.17, 15) is 0 Å². The summed E-state index contributed by atoms with van der Waals surface area (Å²) in [6, 6.07) is 6.13. The average molecular weight is 245 g/mol. The summed E-state index contributed by atoms with van der Waals surface area (Å²) in [7, 11) is 1.95. The molecule has 0 bridgehead atoms. The fourth-order valence-electron chi connectivity index (χ4n) is 1.97. The molecule has 2 rings (SSSR count). The van der Waals surface area contributed by atoms with Crippen molar-refractivity contribution < 1.29 is 4.74 Å². The summed E-state index contributed by atoms with van der Waals surface area (Å²) in [4.78, 5) is 4.42. The highest BCUT2D eigenvalue weighted by molar-refractivity contribution is 5.39. The van der Waals surface area contributed by atoms with Crippen LogP contribution >= 0.6 is 0 Å². The standard InChI is InChI=1S/C14H19N3O/c1-10-5-4-6-11(2)14(10)18-9-13-16-12(7-15)8-17(13)3/h4-6,8H,7,9,15H2,1-3H3. The molecule has 0 atom stereocenters. The first-order valence-electron chi connectivity index (χ1n) is 6.02. The number of ether oxygens (including phenoxy) is 1. The smallest absolute Gasteiger partial charge is 0.146 e. The van der Waals surface area contributed by atoms with E-state index in [0.717, 1.165) is 28.4 Å². The highest BCUT2D eigenvalue weighted by Gasteiger charge is 2.07. The highest BCUT2D eigenvalue weighted by Crippen LogP contribution is 2.23. The summed E-state index contributed by atoms with van der Waals surface area (Å²) in [5.74, 6) is 1.83. The predicted molar refractivity (Wildman–Crippen MR) is 71.3 cm³/mol. The number of benzene rings is 1. The first-order chi connectivity index (χ1) is 8.61. The van der Waals surface area contributed by atoms with Crippen molar-refractivity contribution in [2.75, 3.05) is 0 Å². The Morgan fingerprint density at radius 1 is 1.28 bits per heavy atom. The Labute approximate surface area is 107 Å². The second-order valence-corrected chi connectivity index (χ2v) is 4.47. The predicted octanol–water partition coefficient (Wildman–Crippen LogP) is 2.07. The van der Waals surface area contributed by atoms with Crippen LogP contribution in [0.1, 0.15) is 22.6 Å². The quantitative estimate of drug-likeness (QED) is 0.897. The first-order valence-corrected chi connectivity index (χ1v) is 6.02. The lowest BCUT2D eigenvalue weighted by atomic mass is 10.1. The molecule has 4 nitrogen and oxygen atoms in total. The molecular weight excluding hydrogens is 226 g/mol. The minimum absolute atomic E-state index is 0.456. The van der Waals surface area contributed by atoms with Gasteiger partial charge in [-0.15, -0.1) is 0 Å². The molecule has 1 heterocycles. The van der Waals surface area contributed by atoms with Gasteiger partial charge in [0.15, 0.2) is 0 Å². The van der Waals surface area contributed by atoms with Gasteiger partial charge in [-0.1, -0.05) is 18.2 Å². The summed E-state index contributed by atoms with van der Waals surface area (Å²) in [6.45, 7) is 5.01. The average Bonchev–Trinajstić information content (AvgIpc) is 2.70. The van der Waals surface area contributed by atoms with Crippen molar-refractivity contribution in [2.24, 2.45) is 12.8 Å². The lowest BCUT2D eigenvalue weighted by Crippen LogP contribution is -2.05. The molecule has 4 heteroatoms. The van der Waals surface area contributed by atoms with Crippen LogP contribution in [-0.2, 0) is 20.2 Å². The second-order valence-electron chi connectivity index (χ2n) is 4.47. The lowest BCUT2D eigenvalue weighted by Gasteiger charge is -2.11. The van der Waals surface area contributed by atoms with Crippen molar-refractivity contribution in [2.45, 2.75) is 27.0 Å². The van der Waals surface area contributed by atoms with E-state index in [1.807, 2.05) is 49.9 Å². The Bertz CT molecular complexity index is 526. The Kier molecular flexibility index (Phi) is 3.67. The number of aryl methyl sites for hydroxylation is 3. The second kappa shape index (κ2) is 5.23. The van der Waals surface area contributed by atoms with Gasteiger partial charge in [0.1, 0.15) is 18.2 Å². The summed E-state index contributed by atoms with van der Waals surface area (Å²) >= 11 is 0. The molecule has 0 unspecified atom stereocenters. The monoisotopic (exact) mass is 245 g/mol. The van der Waals surface area contributed by atoms with E-state index in [2.05, 4.69) is 4.98 Å². The van der Waals surface area contributed by atoms with Crippen molar-refractivity contribution in [1.29, 1.82) is 0 Å². The van der Waals surface area contributed by atoms with Gasteiger partial charge in [0.2, 0.25) is 0 Å². The van der Waals surface area contributed by atoms with Gasteiger partial charge < -0.3 is 15.0 Å². The molecule has 0 aliphatic rings. The first kappa shape index (κ1) is 12.6. The maximum atomic E-state index is 5.87. The van der Waals surface area contributed by atoms with Crippen LogP contribution in [0.15, 0.2) is 24.4 Å². The van der Waals surface area contributed by atoms with Gasteiger partial charge in [-0.25, -0.2) is 4.98 Å². The van der Waals surface area contributed by atoms with Gasteiger partial charge in [0, 0.05) is 19.8 Å². The fourth-order valence-corrected chi connectivity index (χ4v) is 1.97. The van der Waals surface area contributed by atoms with Gasteiger partial charge in [0.25, 0.3) is 0 Å². The van der Waals surface area contributed by atoms with Crippen molar-refractivity contribution in [1.82, 2.24) is 9.55 Å². The van der Waals surface area contributed by atoms with E-state index < -0.39 is 0 Å². The molecule has 0 aliphatic heterocycles. The third kappa shape index (κ3) is 2.54. The highest BCUT2D eigenvalue weighted by atomic mass is 16.5. The minimum atomic E-state index is 0.456. The molecule has 0 spiro atoms. The zero-order chi connectivity index (χ0) is 13.1. The van der Waals surface area contributed by atoms with Crippen LogP contribution in [0.2, 0.25) is 0 Å². The van der Waals surface area contributed by atoms with E-state index in [4.69, 9.17) is 10.5 Å². The van der Waals surface area contributed by atoms with Crippen LogP contribution < -0.4 is 10.5 Å². The number of hydrogen-bond acceptors (Lipinski definition) is 3. The molecule has 0 aliphatic carbocycles. The molecule has 96 valence electrons. The number of imidazole rings is 1. The van der Waals surface area contributed by atoms with E-state index in [1.54, 1.807) is 0 Å². The summed E-state index contributed by atoms with van der Waals surface area (Å²) in [5.41, 5.74) is 8.74. The lowest BCUT2D eigenvalue weighted by molar-refractivity contribution is 0.288. The van der Waals surface area contributed by atoms with Crippen molar-refractivity contribution in [3.05, 3.63) is 47.0 Å². The maximum absolute atomic E-state index is 5.87. The normalized spacial score (nSPS) is 10.7. The molecule has 0 radical (unpaired) electrons. The van der Waals surface area contributed by atoms with Crippen LogP contribution in [-0.4, -0.2) is 9.55 Å². The SMILES string of the molecule is Cc1cccc(C)c1OCc1nc(CN)cn1C. The van der Waals surface area contributed by atoms with Gasteiger partial charge in [-0.2, -0.15) is 0 Å². The number of aromatic nitrogens is 2. The van der Waals surface area contributed by atoms with Gasteiger partial charge in [-0.05, 0) is 25.0 Å². The number of nitrogens with two attached hydrogens (primary N) is 1. The third-order valence-electron chi connectivity index (χ3n) is 2.99. The van der Waals surface area contributed by atoms with E-state index >= 15 is 0 Å². The number of rotatable bonds is 4. The molecule has 1 aromatic carbocycles. The van der Waals surface area contributed by atoms with E-state index in [-0.39, 0.29) is 0 Å². The van der Waals surface area contributed by atoms with Crippen LogP contribution in [0.4, 0.5) is 0 Å². The Hall–Kier alpha value is -1.81. The number of para-hydroxylation sites is 1. The molecule has 2 aromatic rings. The summed E-state index contributed by atoms with van der Waals surface area (Å²) in [6.07, 6.45) is 1.93. The number of hydrogen-bond donors (Lipinski definition) is 1. The minimum Gasteiger partial charge on any atom is -0.485 e. The molecule has 0 saturated carbocycles. The van der Waals surface area contributed by atoms with Crippen LogP contribution in [0.3, 0.4) is 0 Å². The Morgan fingerprint density at radius 2 is 1.94 bits per heavy atom. The van der Waals surface area contributed by atoms with E-state index in [1.165, 1.54) is 0 Å². The van der Waals surface area contributed by atoms with Crippen molar-refractivity contribution in [3.63, 3.8) is 0 Å². The van der Waals surface area contributed by atoms with Crippen LogP contribution in [0.5, 0.6) is 5.75 Å². The molecule has 2 N–H and O–H groups in total. The molecule has 18 heavy (non-hydrogen) atoms. The van der Waals surface area contributed by atoms with E-state index in [0.29, 0.717) is 13.2 Å². The Balaban J connectivity index is 2.14.